The molecule has 2 atom stereocenters. The Bertz CT molecular complexity index is 350. The van der Waals surface area contributed by atoms with Crippen LogP contribution in [-0.4, -0.2) is 29.5 Å². The van der Waals surface area contributed by atoms with Gasteiger partial charge in [0, 0.05) is 24.0 Å². The topological polar surface area (TPSA) is 42.2 Å². The molecule has 1 heterocycles. The second-order valence-corrected chi connectivity index (χ2v) is 6.21. The van der Waals surface area contributed by atoms with Crippen LogP contribution in [0.3, 0.4) is 0 Å². The standard InChI is InChI=1S/C13H23N3S/c1-10-13(17-9-15-10)8-16(2)7-11-5-3-4-6-12(11)14/h9,11-12H,3-8,14H2,1-2H3. The Balaban J connectivity index is 1.84. The number of nitrogens with two attached hydrogens (primary N) is 1. The third-order valence-corrected chi connectivity index (χ3v) is 4.69. The fourth-order valence-electron chi connectivity index (χ4n) is 2.65. The molecule has 4 heteroatoms. The summed E-state index contributed by atoms with van der Waals surface area (Å²) in [5.74, 6) is 0.682. The Hall–Kier alpha value is -0.450. The summed E-state index contributed by atoms with van der Waals surface area (Å²) in [4.78, 5) is 8.08. The zero-order chi connectivity index (χ0) is 12.3. The molecular weight excluding hydrogens is 230 g/mol. The molecule has 0 bridgehead atoms. The largest absolute Gasteiger partial charge is 0.327 e. The molecule has 0 aliphatic heterocycles. The summed E-state index contributed by atoms with van der Waals surface area (Å²) in [7, 11) is 2.19. The van der Waals surface area contributed by atoms with Crippen molar-refractivity contribution in [1.29, 1.82) is 0 Å². The number of thiazole rings is 1. The third kappa shape index (κ3) is 3.50. The van der Waals surface area contributed by atoms with Crippen LogP contribution in [0.25, 0.3) is 0 Å². The van der Waals surface area contributed by atoms with E-state index in [1.165, 1.54) is 36.3 Å². The first-order valence-electron chi connectivity index (χ1n) is 6.50. The van der Waals surface area contributed by atoms with Crippen molar-refractivity contribution in [3.63, 3.8) is 0 Å². The lowest BCUT2D eigenvalue weighted by Gasteiger charge is -2.31. The fraction of sp³-hybridized carbons (Fsp3) is 0.769. The average Bonchev–Trinajstić information content (AvgIpc) is 2.68. The molecule has 0 amide bonds. The molecule has 0 saturated heterocycles. The van der Waals surface area contributed by atoms with E-state index in [1.54, 1.807) is 11.3 Å². The van der Waals surface area contributed by atoms with Gasteiger partial charge in [-0.3, -0.25) is 0 Å². The van der Waals surface area contributed by atoms with Gasteiger partial charge in [0.15, 0.2) is 0 Å². The van der Waals surface area contributed by atoms with Gasteiger partial charge >= 0.3 is 0 Å². The number of aromatic nitrogens is 1. The van der Waals surface area contributed by atoms with Gasteiger partial charge in [-0.15, -0.1) is 11.3 Å². The van der Waals surface area contributed by atoms with E-state index in [-0.39, 0.29) is 0 Å². The Labute approximate surface area is 108 Å². The lowest BCUT2D eigenvalue weighted by molar-refractivity contribution is 0.207. The van der Waals surface area contributed by atoms with E-state index >= 15 is 0 Å². The van der Waals surface area contributed by atoms with E-state index in [0.29, 0.717) is 12.0 Å². The minimum Gasteiger partial charge on any atom is -0.327 e. The zero-order valence-electron chi connectivity index (χ0n) is 10.9. The first-order valence-corrected chi connectivity index (χ1v) is 7.38. The molecule has 1 saturated carbocycles. The number of nitrogens with zero attached hydrogens (tertiary/aromatic N) is 2. The van der Waals surface area contributed by atoms with Crippen LogP contribution >= 0.6 is 11.3 Å². The second kappa shape index (κ2) is 5.94. The molecule has 1 aromatic rings. The maximum Gasteiger partial charge on any atom is 0.0798 e. The molecule has 0 radical (unpaired) electrons. The highest BCUT2D eigenvalue weighted by molar-refractivity contribution is 7.09. The SMILES string of the molecule is Cc1ncsc1CN(C)CC1CCCCC1N. The van der Waals surface area contributed by atoms with E-state index in [1.807, 2.05) is 5.51 Å². The Morgan fingerprint density at radius 3 is 2.88 bits per heavy atom. The van der Waals surface area contributed by atoms with Gasteiger partial charge in [0.2, 0.25) is 0 Å². The lowest BCUT2D eigenvalue weighted by Crippen LogP contribution is -2.39. The van der Waals surface area contributed by atoms with E-state index in [0.717, 1.165) is 13.1 Å². The van der Waals surface area contributed by atoms with Gasteiger partial charge in [0.05, 0.1) is 11.2 Å². The first-order chi connectivity index (χ1) is 8.16. The smallest absolute Gasteiger partial charge is 0.0798 e. The van der Waals surface area contributed by atoms with Crippen LogP contribution in [0.4, 0.5) is 0 Å². The molecule has 0 spiro atoms. The minimum absolute atomic E-state index is 0.411. The molecule has 1 fully saturated rings. The summed E-state index contributed by atoms with van der Waals surface area (Å²) in [5.41, 5.74) is 9.31. The maximum absolute atomic E-state index is 6.19. The predicted molar refractivity (Wildman–Crippen MR) is 73.1 cm³/mol. The highest BCUT2D eigenvalue weighted by atomic mass is 32.1. The maximum atomic E-state index is 6.19. The molecule has 2 N–H and O–H groups in total. The van der Waals surface area contributed by atoms with Crippen molar-refractivity contribution >= 4 is 11.3 Å². The average molecular weight is 253 g/mol. The molecule has 96 valence electrons. The summed E-state index contributed by atoms with van der Waals surface area (Å²) in [6.45, 7) is 4.23. The molecule has 17 heavy (non-hydrogen) atoms. The quantitative estimate of drug-likeness (QED) is 0.896. The first kappa shape index (κ1) is 13.0. The molecular formula is C13H23N3S. The van der Waals surface area contributed by atoms with E-state index in [2.05, 4.69) is 23.9 Å². The fourth-order valence-corrected chi connectivity index (χ4v) is 3.51. The van der Waals surface area contributed by atoms with Gasteiger partial charge in [-0.25, -0.2) is 4.98 Å². The molecule has 3 nitrogen and oxygen atoms in total. The van der Waals surface area contributed by atoms with Gasteiger partial charge in [-0.1, -0.05) is 12.8 Å². The summed E-state index contributed by atoms with van der Waals surface area (Å²) in [6.07, 6.45) is 5.17. The summed E-state index contributed by atoms with van der Waals surface area (Å²) >= 11 is 1.76. The van der Waals surface area contributed by atoms with Gasteiger partial charge in [0.1, 0.15) is 0 Å². The van der Waals surface area contributed by atoms with Crippen LogP contribution in [-0.2, 0) is 6.54 Å². The molecule has 1 aliphatic rings. The van der Waals surface area contributed by atoms with Gasteiger partial charge in [-0.2, -0.15) is 0 Å². The van der Waals surface area contributed by atoms with Crippen LogP contribution < -0.4 is 5.73 Å². The minimum atomic E-state index is 0.411. The molecule has 0 aromatic carbocycles. The Kier molecular flexibility index (Phi) is 4.54. The van der Waals surface area contributed by atoms with Crippen molar-refractivity contribution in [3.8, 4) is 0 Å². The lowest BCUT2D eigenvalue weighted by atomic mass is 9.85. The third-order valence-electron chi connectivity index (χ3n) is 3.77. The molecule has 1 aliphatic carbocycles. The molecule has 2 rings (SSSR count). The van der Waals surface area contributed by atoms with E-state index < -0.39 is 0 Å². The summed E-state index contributed by atoms with van der Waals surface area (Å²) < 4.78 is 0. The molecule has 2 unspecified atom stereocenters. The van der Waals surface area contributed by atoms with Crippen LogP contribution in [0.15, 0.2) is 5.51 Å². The zero-order valence-corrected chi connectivity index (χ0v) is 11.7. The summed E-state index contributed by atoms with van der Waals surface area (Å²) in [5, 5.41) is 0. The number of hydrogen-bond donors (Lipinski definition) is 1. The van der Waals surface area contributed by atoms with E-state index in [4.69, 9.17) is 5.73 Å². The van der Waals surface area contributed by atoms with E-state index in [9.17, 15) is 0 Å². The van der Waals surface area contributed by atoms with Crippen LogP contribution in [0.1, 0.15) is 36.3 Å². The van der Waals surface area contributed by atoms with Crippen molar-refractivity contribution in [3.05, 3.63) is 16.1 Å². The van der Waals surface area contributed by atoms with Gasteiger partial charge < -0.3 is 10.6 Å². The monoisotopic (exact) mass is 253 g/mol. The highest BCUT2D eigenvalue weighted by Gasteiger charge is 2.23. The second-order valence-electron chi connectivity index (χ2n) is 5.27. The number of rotatable bonds is 4. The normalized spacial score (nSPS) is 25.4. The van der Waals surface area contributed by atoms with Crippen LogP contribution in [0.2, 0.25) is 0 Å². The van der Waals surface area contributed by atoms with Crippen LogP contribution in [0, 0.1) is 12.8 Å². The van der Waals surface area contributed by atoms with Gasteiger partial charge in [0.25, 0.3) is 0 Å². The summed E-state index contributed by atoms with van der Waals surface area (Å²) in [6, 6.07) is 0.411. The van der Waals surface area contributed by atoms with Crippen LogP contribution in [0.5, 0.6) is 0 Å². The predicted octanol–water partition coefficient (Wildman–Crippen LogP) is 2.40. The number of hydrogen-bond acceptors (Lipinski definition) is 4. The van der Waals surface area contributed by atoms with Crippen molar-refractivity contribution in [2.45, 2.75) is 45.2 Å². The van der Waals surface area contributed by atoms with Crippen molar-refractivity contribution < 1.29 is 0 Å². The molecule has 1 aromatic heterocycles. The Morgan fingerprint density at radius 2 is 2.24 bits per heavy atom. The number of aryl methyl sites for hydroxylation is 1. The van der Waals surface area contributed by atoms with Gasteiger partial charge in [-0.05, 0) is 32.7 Å². The van der Waals surface area contributed by atoms with Crippen molar-refractivity contribution in [2.75, 3.05) is 13.6 Å². The highest BCUT2D eigenvalue weighted by Crippen LogP contribution is 2.24. The van der Waals surface area contributed by atoms with Crippen molar-refractivity contribution in [1.82, 2.24) is 9.88 Å². The Morgan fingerprint density at radius 1 is 1.47 bits per heavy atom. The van der Waals surface area contributed by atoms with Crippen molar-refractivity contribution in [2.24, 2.45) is 11.7 Å².